The van der Waals surface area contributed by atoms with E-state index in [4.69, 9.17) is 9.47 Å². The highest BCUT2D eigenvalue weighted by Crippen LogP contribution is 2.45. The maximum Gasteiger partial charge on any atom is 0.296 e. The van der Waals surface area contributed by atoms with Crippen molar-refractivity contribution in [1.29, 1.82) is 0 Å². The molecule has 2 atom stereocenters. The second-order valence-corrected chi connectivity index (χ2v) is 8.28. The first-order valence-electron chi connectivity index (χ1n) is 10.6. The Morgan fingerprint density at radius 2 is 1.80 bits per heavy atom. The number of hydrogen-bond acceptors (Lipinski definition) is 4. The van der Waals surface area contributed by atoms with Crippen molar-refractivity contribution in [2.24, 2.45) is 0 Å². The minimum absolute atomic E-state index is 0.0348. The van der Waals surface area contributed by atoms with Crippen LogP contribution in [0.2, 0.25) is 0 Å². The van der Waals surface area contributed by atoms with Crippen molar-refractivity contribution in [3.8, 4) is 0 Å². The molecular weight excluding hydrogens is 385 g/mol. The molecule has 30 heavy (non-hydrogen) atoms. The van der Waals surface area contributed by atoms with Crippen molar-refractivity contribution >= 4 is 17.3 Å². The fourth-order valence-corrected chi connectivity index (χ4v) is 4.70. The lowest BCUT2D eigenvalue weighted by Crippen LogP contribution is -3.16. The van der Waals surface area contributed by atoms with Gasteiger partial charge in [-0.1, -0.05) is 30.3 Å². The van der Waals surface area contributed by atoms with E-state index in [1.807, 2.05) is 48.2 Å². The van der Waals surface area contributed by atoms with Gasteiger partial charge in [0.1, 0.15) is 5.82 Å². The molecule has 6 nitrogen and oxygen atoms in total. The number of fused-ring (bicyclic) bond motifs is 2. The Morgan fingerprint density at radius 3 is 2.53 bits per heavy atom. The van der Waals surface area contributed by atoms with Crippen LogP contribution in [0.1, 0.15) is 18.9 Å². The van der Waals surface area contributed by atoms with Crippen LogP contribution >= 0.6 is 0 Å². The van der Waals surface area contributed by atoms with E-state index in [-0.39, 0.29) is 17.8 Å². The number of hydrogen-bond donors (Lipinski definition) is 1. The van der Waals surface area contributed by atoms with Gasteiger partial charge < -0.3 is 19.3 Å². The van der Waals surface area contributed by atoms with Crippen LogP contribution in [0.5, 0.6) is 0 Å². The number of halogens is 1. The molecule has 2 aromatic carbocycles. The summed E-state index contributed by atoms with van der Waals surface area (Å²) in [6.45, 7) is 6.17. The van der Waals surface area contributed by atoms with E-state index in [2.05, 4.69) is 4.90 Å². The number of benzene rings is 2. The fraction of sp³-hybridized carbons (Fsp3) is 0.435. The number of amides is 1. The van der Waals surface area contributed by atoms with Gasteiger partial charge in [0.05, 0.1) is 50.3 Å². The summed E-state index contributed by atoms with van der Waals surface area (Å²) < 4.78 is 26.2. The van der Waals surface area contributed by atoms with E-state index in [0.29, 0.717) is 19.0 Å². The normalized spacial score (nSPS) is 27.0. The van der Waals surface area contributed by atoms with Gasteiger partial charge in [-0.25, -0.2) is 4.39 Å². The largest absolute Gasteiger partial charge is 0.358 e. The standard InChI is InChI=1S/C23H26FN3O3/c1-17-10-15-29-23(30-17)18-6-2-4-8-20(18)27(22(23)28)16-25-11-13-26(14-12-25)21-9-5-3-7-19(21)24/h2-9,17H,10-16H2,1H3/p+1/t17-,23-/m1/s1. The minimum Gasteiger partial charge on any atom is -0.358 e. The third-order valence-electron chi connectivity index (χ3n) is 6.32. The minimum atomic E-state index is -1.32. The van der Waals surface area contributed by atoms with Crippen LogP contribution in [0.4, 0.5) is 15.8 Å². The van der Waals surface area contributed by atoms with Gasteiger partial charge >= 0.3 is 0 Å². The van der Waals surface area contributed by atoms with Crippen molar-refractivity contribution in [3.05, 3.63) is 59.9 Å². The van der Waals surface area contributed by atoms with Gasteiger partial charge in [0, 0.05) is 5.56 Å². The quantitative estimate of drug-likeness (QED) is 0.831. The van der Waals surface area contributed by atoms with Crippen molar-refractivity contribution in [1.82, 2.24) is 0 Å². The number of anilines is 2. The monoisotopic (exact) mass is 412 g/mol. The summed E-state index contributed by atoms with van der Waals surface area (Å²) in [7, 11) is 0. The molecule has 5 rings (SSSR count). The Balaban J connectivity index is 1.32. The molecule has 0 radical (unpaired) electrons. The third kappa shape index (κ3) is 3.17. The zero-order valence-electron chi connectivity index (χ0n) is 17.1. The zero-order chi connectivity index (χ0) is 20.7. The first kappa shape index (κ1) is 19.5. The number of para-hydroxylation sites is 2. The Hall–Kier alpha value is -2.48. The topological polar surface area (TPSA) is 46.5 Å². The number of quaternary nitrogens is 1. The molecule has 158 valence electrons. The van der Waals surface area contributed by atoms with Crippen molar-refractivity contribution in [3.63, 3.8) is 0 Å². The smallest absolute Gasteiger partial charge is 0.296 e. The van der Waals surface area contributed by atoms with E-state index in [1.54, 1.807) is 6.07 Å². The first-order valence-corrected chi connectivity index (χ1v) is 10.6. The summed E-state index contributed by atoms with van der Waals surface area (Å²) in [6.07, 6.45) is 0.743. The molecule has 3 heterocycles. The molecule has 2 aromatic rings. The molecular formula is C23H27FN3O3+. The van der Waals surface area contributed by atoms with Crippen molar-refractivity contribution in [2.75, 3.05) is 49.3 Å². The van der Waals surface area contributed by atoms with Crippen LogP contribution in [0.25, 0.3) is 0 Å². The van der Waals surface area contributed by atoms with Gasteiger partial charge in [0.25, 0.3) is 11.7 Å². The summed E-state index contributed by atoms with van der Waals surface area (Å²) >= 11 is 0. The van der Waals surface area contributed by atoms with Gasteiger partial charge in [-0.15, -0.1) is 0 Å². The van der Waals surface area contributed by atoms with E-state index in [0.717, 1.165) is 43.9 Å². The lowest BCUT2D eigenvalue weighted by molar-refractivity contribution is -0.899. The van der Waals surface area contributed by atoms with Gasteiger partial charge in [-0.3, -0.25) is 9.69 Å². The number of carbonyl (C=O) groups is 1. The van der Waals surface area contributed by atoms with Crippen LogP contribution in [0, 0.1) is 5.82 Å². The molecule has 1 spiro atoms. The Bertz CT molecular complexity index is 947. The highest BCUT2D eigenvalue weighted by molar-refractivity contribution is 6.05. The molecule has 0 aliphatic carbocycles. The summed E-state index contributed by atoms with van der Waals surface area (Å²) in [4.78, 5) is 18.7. The Morgan fingerprint density at radius 1 is 1.10 bits per heavy atom. The van der Waals surface area contributed by atoms with Crippen LogP contribution in [0.15, 0.2) is 48.5 Å². The molecule has 0 aromatic heterocycles. The van der Waals surface area contributed by atoms with Crippen molar-refractivity contribution < 1.29 is 23.6 Å². The lowest BCUT2D eigenvalue weighted by atomic mass is 10.1. The molecule has 0 unspecified atom stereocenters. The van der Waals surface area contributed by atoms with E-state index in [9.17, 15) is 9.18 Å². The second kappa shape index (κ2) is 7.65. The molecule has 1 N–H and O–H groups in total. The first-order chi connectivity index (χ1) is 14.6. The van der Waals surface area contributed by atoms with Crippen LogP contribution < -0.4 is 14.7 Å². The third-order valence-corrected chi connectivity index (χ3v) is 6.32. The predicted molar refractivity (Wildman–Crippen MR) is 111 cm³/mol. The molecule has 0 saturated carbocycles. The van der Waals surface area contributed by atoms with Crippen LogP contribution in [0.3, 0.4) is 0 Å². The molecule has 1 amide bonds. The zero-order valence-corrected chi connectivity index (χ0v) is 17.1. The highest BCUT2D eigenvalue weighted by atomic mass is 19.1. The molecule has 2 saturated heterocycles. The Labute approximate surface area is 175 Å². The van der Waals surface area contributed by atoms with Gasteiger partial charge in [0.15, 0.2) is 6.67 Å². The van der Waals surface area contributed by atoms with E-state index in [1.165, 1.54) is 11.0 Å². The highest BCUT2D eigenvalue weighted by Gasteiger charge is 2.56. The molecule has 7 heteroatoms. The van der Waals surface area contributed by atoms with Gasteiger partial charge in [0.2, 0.25) is 0 Å². The molecule has 2 fully saturated rings. The molecule has 3 aliphatic heterocycles. The number of ether oxygens (including phenoxy) is 2. The summed E-state index contributed by atoms with van der Waals surface area (Å²) in [5.74, 6) is -1.64. The van der Waals surface area contributed by atoms with Gasteiger partial charge in [-0.2, -0.15) is 0 Å². The summed E-state index contributed by atoms with van der Waals surface area (Å²) in [5.41, 5.74) is 2.31. The molecule has 0 bridgehead atoms. The average Bonchev–Trinajstić information content (AvgIpc) is 2.97. The van der Waals surface area contributed by atoms with E-state index < -0.39 is 5.79 Å². The second-order valence-electron chi connectivity index (χ2n) is 8.28. The number of rotatable bonds is 3. The maximum atomic E-state index is 14.1. The van der Waals surface area contributed by atoms with Gasteiger partial charge in [-0.05, 0) is 31.5 Å². The number of nitrogens with one attached hydrogen (secondary N) is 1. The van der Waals surface area contributed by atoms with E-state index >= 15 is 0 Å². The van der Waals surface area contributed by atoms with Crippen LogP contribution in [-0.4, -0.2) is 51.5 Å². The SMILES string of the molecule is C[C@@H]1CCO[C@]2(O1)C(=O)N(C[NH+]1CCN(c3ccccc3F)CC1)c1ccccc12. The lowest BCUT2D eigenvalue weighted by Gasteiger charge is -2.37. The fourth-order valence-electron chi connectivity index (χ4n) is 4.70. The number of piperazine rings is 1. The van der Waals surface area contributed by atoms with Crippen LogP contribution in [-0.2, 0) is 20.1 Å². The Kier molecular flexibility index (Phi) is 4.97. The molecule has 3 aliphatic rings. The maximum absolute atomic E-state index is 14.1. The summed E-state index contributed by atoms with van der Waals surface area (Å²) in [6, 6.07) is 14.6. The average molecular weight is 412 g/mol. The number of nitrogens with zero attached hydrogens (tertiary/aromatic N) is 2. The number of carbonyl (C=O) groups excluding carboxylic acids is 1. The van der Waals surface area contributed by atoms with Crippen molar-refractivity contribution in [2.45, 2.75) is 25.2 Å². The summed E-state index contributed by atoms with van der Waals surface area (Å²) in [5, 5.41) is 0. The predicted octanol–water partition coefficient (Wildman–Crippen LogP) is 1.51.